The molecule has 1 atom stereocenters. The zero-order valence-corrected chi connectivity index (χ0v) is 11.1. The first-order valence-electron chi connectivity index (χ1n) is 6.54. The number of rotatable bonds is 7. The van der Waals surface area contributed by atoms with E-state index < -0.39 is 12.0 Å². The van der Waals surface area contributed by atoms with Crippen molar-refractivity contribution in [2.45, 2.75) is 38.7 Å². The number of amides is 1. The second kappa shape index (κ2) is 7.63. The van der Waals surface area contributed by atoms with Crippen LogP contribution in [0.25, 0.3) is 0 Å². The van der Waals surface area contributed by atoms with Crippen LogP contribution in [0.15, 0.2) is 18.2 Å². The molecule has 1 aromatic carbocycles. The van der Waals surface area contributed by atoms with Crippen molar-refractivity contribution in [2.24, 2.45) is 0 Å². The van der Waals surface area contributed by atoms with Crippen molar-refractivity contribution in [1.29, 1.82) is 0 Å². The number of hydrogen-bond donors (Lipinski definition) is 4. The lowest BCUT2D eigenvalue weighted by Gasteiger charge is -2.12. The maximum atomic E-state index is 11.7. The zero-order valence-electron chi connectivity index (χ0n) is 11.1. The first-order valence-corrected chi connectivity index (χ1v) is 6.54. The number of benzene rings is 1. The van der Waals surface area contributed by atoms with Gasteiger partial charge in [-0.3, -0.25) is 4.79 Å². The summed E-state index contributed by atoms with van der Waals surface area (Å²) in [7, 11) is 0. The number of unbranched alkanes of at least 4 members (excludes halogenated alkanes) is 3. The monoisotopic (exact) mass is 267 g/mol. The van der Waals surface area contributed by atoms with Gasteiger partial charge >= 0.3 is 0 Å². The molecular weight excluding hydrogens is 246 g/mol. The molecule has 1 unspecified atom stereocenters. The van der Waals surface area contributed by atoms with E-state index in [0.717, 1.165) is 25.7 Å². The quantitative estimate of drug-likeness (QED) is 0.448. The fourth-order valence-electron chi connectivity index (χ4n) is 1.72. The van der Waals surface area contributed by atoms with Crippen LogP contribution in [0.2, 0.25) is 0 Å². The van der Waals surface area contributed by atoms with E-state index >= 15 is 0 Å². The summed E-state index contributed by atoms with van der Waals surface area (Å²) in [5.41, 5.74) is 0.251. The standard InChI is InChI=1S/C14H21NO4/c1-2-3-4-5-8-15-14(19)13(18)10-6-7-11(16)12(17)9-10/h6-7,9,13,16-18H,2-5,8H2,1H3,(H,15,19). The van der Waals surface area contributed by atoms with Gasteiger partial charge in [0.2, 0.25) is 0 Å². The highest BCUT2D eigenvalue weighted by atomic mass is 16.3. The van der Waals surface area contributed by atoms with E-state index in [1.165, 1.54) is 18.2 Å². The molecule has 5 nitrogen and oxygen atoms in total. The minimum absolute atomic E-state index is 0.251. The lowest BCUT2D eigenvalue weighted by Crippen LogP contribution is -2.30. The Morgan fingerprint density at radius 3 is 2.58 bits per heavy atom. The van der Waals surface area contributed by atoms with Crippen LogP contribution in [0, 0.1) is 0 Å². The summed E-state index contributed by atoms with van der Waals surface area (Å²) >= 11 is 0. The molecule has 0 bridgehead atoms. The topological polar surface area (TPSA) is 89.8 Å². The maximum Gasteiger partial charge on any atom is 0.253 e. The van der Waals surface area contributed by atoms with Crippen LogP contribution in [-0.2, 0) is 4.79 Å². The Hall–Kier alpha value is -1.75. The summed E-state index contributed by atoms with van der Waals surface area (Å²) in [6.07, 6.45) is 2.85. The molecule has 0 aliphatic carbocycles. The van der Waals surface area contributed by atoms with Crippen LogP contribution < -0.4 is 5.32 Å². The Morgan fingerprint density at radius 2 is 1.95 bits per heavy atom. The summed E-state index contributed by atoms with van der Waals surface area (Å²) < 4.78 is 0. The third-order valence-corrected chi connectivity index (χ3v) is 2.89. The van der Waals surface area contributed by atoms with Crippen molar-refractivity contribution < 1.29 is 20.1 Å². The Kier molecular flexibility index (Phi) is 6.15. The van der Waals surface area contributed by atoms with Crippen molar-refractivity contribution in [3.63, 3.8) is 0 Å². The van der Waals surface area contributed by atoms with Crippen LogP contribution in [0.1, 0.15) is 44.3 Å². The number of carbonyl (C=O) groups excluding carboxylic acids is 1. The molecule has 1 aromatic rings. The Labute approximate surface area is 112 Å². The number of hydrogen-bond acceptors (Lipinski definition) is 4. The van der Waals surface area contributed by atoms with Crippen molar-refractivity contribution in [3.05, 3.63) is 23.8 Å². The van der Waals surface area contributed by atoms with Gasteiger partial charge < -0.3 is 20.6 Å². The first kappa shape index (κ1) is 15.3. The van der Waals surface area contributed by atoms with Gasteiger partial charge in [0.05, 0.1) is 0 Å². The highest BCUT2D eigenvalue weighted by Crippen LogP contribution is 2.27. The van der Waals surface area contributed by atoms with Crippen LogP contribution in [0.3, 0.4) is 0 Å². The van der Waals surface area contributed by atoms with E-state index in [1.54, 1.807) is 0 Å². The lowest BCUT2D eigenvalue weighted by atomic mass is 10.1. The molecule has 5 heteroatoms. The van der Waals surface area contributed by atoms with Gasteiger partial charge in [-0.05, 0) is 24.1 Å². The van der Waals surface area contributed by atoms with Gasteiger partial charge in [0.1, 0.15) is 0 Å². The second-order valence-corrected chi connectivity index (χ2v) is 4.50. The van der Waals surface area contributed by atoms with E-state index in [-0.39, 0.29) is 17.1 Å². The number of aliphatic hydroxyl groups is 1. The molecule has 19 heavy (non-hydrogen) atoms. The predicted molar refractivity (Wildman–Crippen MR) is 71.9 cm³/mol. The number of aliphatic hydroxyl groups excluding tert-OH is 1. The van der Waals surface area contributed by atoms with E-state index in [0.29, 0.717) is 6.54 Å². The smallest absolute Gasteiger partial charge is 0.253 e. The Balaban J connectivity index is 2.45. The van der Waals surface area contributed by atoms with Gasteiger partial charge in [-0.1, -0.05) is 32.3 Å². The predicted octanol–water partition coefficient (Wildman–Crippen LogP) is 1.83. The average Bonchev–Trinajstić information content (AvgIpc) is 2.40. The maximum absolute atomic E-state index is 11.7. The summed E-state index contributed by atoms with van der Waals surface area (Å²) in [6.45, 7) is 2.64. The number of carbonyl (C=O) groups is 1. The minimum atomic E-state index is -1.34. The fourth-order valence-corrected chi connectivity index (χ4v) is 1.72. The molecule has 0 aliphatic heterocycles. The molecule has 0 saturated heterocycles. The first-order chi connectivity index (χ1) is 9.06. The average molecular weight is 267 g/mol. The van der Waals surface area contributed by atoms with Gasteiger partial charge in [0, 0.05) is 6.54 Å². The SMILES string of the molecule is CCCCCCNC(=O)C(O)c1ccc(O)c(O)c1. The van der Waals surface area contributed by atoms with Crippen LogP contribution in [0.5, 0.6) is 11.5 Å². The number of phenols is 2. The van der Waals surface area contributed by atoms with Gasteiger partial charge in [0.25, 0.3) is 5.91 Å². The van der Waals surface area contributed by atoms with Crippen molar-refractivity contribution in [2.75, 3.05) is 6.54 Å². The zero-order chi connectivity index (χ0) is 14.3. The van der Waals surface area contributed by atoms with Gasteiger partial charge in [0.15, 0.2) is 17.6 Å². The summed E-state index contributed by atoms with van der Waals surface area (Å²) in [6, 6.07) is 3.81. The Morgan fingerprint density at radius 1 is 1.21 bits per heavy atom. The van der Waals surface area contributed by atoms with Gasteiger partial charge in [-0.25, -0.2) is 0 Å². The number of phenolic OH excluding ortho intramolecular Hbond substituents is 2. The van der Waals surface area contributed by atoms with Crippen LogP contribution >= 0.6 is 0 Å². The molecule has 0 radical (unpaired) electrons. The molecule has 0 heterocycles. The largest absolute Gasteiger partial charge is 0.504 e. The molecule has 0 saturated carbocycles. The molecular formula is C14H21NO4. The highest BCUT2D eigenvalue weighted by Gasteiger charge is 2.17. The fraction of sp³-hybridized carbons (Fsp3) is 0.500. The molecule has 106 valence electrons. The lowest BCUT2D eigenvalue weighted by molar-refractivity contribution is -0.129. The van der Waals surface area contributed by atoms with Crippen molar-refractivity contribution >= 4 is 5.91 Å². The molecule has 0 aromatic heterocycles. The van der Waals surface area contributed by atoms with Crippen LogP contribution in [-0.4, -0.2) is 27.8 Å². The summed E-state index contributed by atoms with van der Waals surface area (Å²) in [5, 5.41) is 30.9. The van der Waals surface area contributed by atoms with E-state index in [2.05, 4.69) is 12.2 Å². The molecule has 0 aliphatic rings. The normalized spacial score (nSPS) is 12.1. The van der Waals surface area contributed by atoms with E-state index in [1.807, 2.05) is 0 Å². The van der Waals surface area contributed by atoms with Gasteiger partial charge in [-0.2, -0.15) is 0 Å². The highest BCUT2D eigenvalue weighted by molar-refractivity contribution is 5.82. The summed E-state index contributed by atoms with van der Waals surface area (Å²) in [5.74, 6) is -1.13. The van der Waals surface area contributed by atoms with E-state index in [4.69, 9.17) is 5.11 Å². The second-order valence-electron chi connectivity index (χ2n) is 4.50. The minimum Gasteiger partial charge on any atom is -0.504 e. The number of nitrogens with one attached hydrogen (secondary N) is 1. The molecule has 4 N–H and O–H groups in total. The molecule has 0 fully saturated rings. The van der Waals surface area contributed by atoms with Crippen LogP contribution in [0.4, 0.5) is 0 Å². The third-order valence-electron chi connectivity index (χ3n) is 2.89. The molecule has 0 spiro atoms. The molecule has 1 rings (SSSR count). The Bertz CT molecular complexity index is 420. The van der Waals surface area contributed by atoms with Gasteiger partial charge in [-0.15, -0.1) is 0 Å². The van der Waals surface area contributed by atoms with Crippen molar-refractivity contribution in [1.82, 2.24) is 5.32 Å². The van der Waals surface area contributed by atoms with Crippen molar-refractivity contribution in [3.8, 4) is 11.5 Å². The molecule has 1 amide bonds. The summed E-state index contributed by atoms with van der Waals surface area (Å²) in [4.78, 5) is 11.7. The van der Waals surface area contributed by atoms with E-state index in [9.17, 15) is 15.0 Å². The number of aromatic hydroxyl groups is 2. The third kappa shape index (κ3) is 4.79.